The van der Waals surface area contributed by atoms with Crippen LogP contribution in [0.4, 0.5) is 5.00 Å². The number of ketones is 1. The van der Waals surface area contributed by atoms with Crippen LogP contribution in [0.3, 0.4) is 0 Å². The van der Waals surface area contributed by atoms with Crippen molar-refractivity contribution in [1.82, 2.24) is 0 Å². The van der Waals surface area contributed by atoms with Gasteiger partial charge in [0.15, 0.2) is 5.78 Å². The van der Waals surface area contributed by atoms with Crippen molar-refractivity contribution >= 4 is 22.1 Å². The van der Waals surface area contributed by atoms with E-state index in [0.29, 0.717) is 19.6 Å². The van der Waals surface area contributed by atoms with E-state index in [1.807, 2.05) is 12.1 Å². The first kappa shape index (κ1) is 18.1. The number of hydrogen-bond acceptors (Lipinski definition) is 5. The Bertz CT molecular complexity index is 925. The minimum absolute atomic E-state index is 0.0393. The number of morpholine rings is 1. The molecular weight excluding hydrogens is 358 g/mol. The molecule has 0 radical (unpaired) electrons. The van der Waals surface area contributed by atoms with Gasteiger partial charge in [-0.2, -0.15) is 0 Å². The first-order valence-corrected chi connectivity index (χ1v) is 10.1. The summed E-state index contributed by atoms with van der Waals surface area (Å²) in [7, 11) is 0. The zero-order valence-corrected chi connectivity index (χ0v) is 16.5. The van der Waals surface area contributed by atoms with E-state index in [2.05, 4.69) is 30.6 Å². The van der Waals surface area contributed by atoms with Gasteiger partial charge in [-0.1, -0.05) is 25.7 Å². The van der Waals surface area contributed by atoms with Gasteiger partial charge in [-0.25, -0.2) is 0 Å². The summed E-state index contributed by atoms with van der Waals surface area (Å²) in [6, 6.07) is 6.90. The van der Waals surface area contributed by atoms with Crippen LogP contribution in [0.5, 0.6) is 5.75 Å². The Morgan fingerprint density at radius 2 is 1.81 bits per heavy atom. The Hall–Kier alpha value is -2.29. The molecule has 0 unspecified atom stereocenters. The fraction of sp³-hybridized carbons (Fsp3) is 0.409. The highest BCUT2D eigenvalue weighted by Crippen LogP contribution is 2.44. The second-order valence-electron chi connectivity index (χ2n) is 7.93. The van der Waals surface area contributed by atoms with Crippen molar-refractivity contribution in [3.8, 4) is 17.6 Å². The van der Waals surface area contributed by atoms with Gasteiger partial charge >= 0.3 is 0 Å². The third kappa shape index (κ3) is 3.73. The normalized spacial score (nSPS) is 18.6. The van der Waals surface area contributed by atoms with Crippen LogP contribution in [0.15, 0.2) is 24.3 Å². The van der Waals surface area contributed by atoms with Crippen LogP contribution in [-0.2, 0) is 11.2 Å². The Kier molecular flexibility index (Phi) is 4.71. The van der Waals surface area contributed by atoms with Gasteiger partial charge in [0.25, 0.3) is 0 Å². The van der Waals surface area contributed by atoms with Gasteiger partial charge in [0.05, 0.1) is 23.7 Å². The van der Waals surface area contributed by atoms with Crippen molar-refractivity contribution in [1.29, 1.82) is 0 Å². The van der Waals surface area contributed by atoms with Gasteiger partial charge in [0.2, 0.25) is 0 Å². The van der Waals surface area contributed by atoms with Gasteiger partial charge in [0, 0.05) is 25.1 Å². The highest BCUT2D eigenvalue weighted by molar-refractivity contribution is 7.18. The third-order valence-electron chi connectivity index (χ3n) is 5.03. The molecule has 1 aromatic carbocycles. The predicted molar refractivity (Wildman–Crippen MR) is 108 cm³/mol. The molecule has 1 aromatic heterocycles. The van der Waals surface area contributed by atoms with Crippen molar-refractivity contribution < 1.29 is 14.6 Å². The van der Waals surface area contributed by atoms with Crippen LogP contribution in [-0.4, -0.2) is 37.2 Å². The smallest absolute Gasteiger partial charge is 0.173 e. The standard InChI is InChI=1S/C22H23NO3S/c1-22(2)13-18-17(8-5-15-3-6-16(24)7-4-15)21(23-9-11-26-12-10-23)27-20(18)19(25)14-22/h3-4,6-7,24H,9-14H2,1-2H3. The summed E-state index contributed by atoms with van der Waals surface area (Å²) in [5.41, 5.74) is 2.91. The summed E-state index contributed by atoms with van der Waals surface area (Å²) in [6.45, 7) is 7.35. The maximum Gasteiger partial charge on any atom is 0.173 e. The summed E-state index contributed by atoms with van der Waals surface area (Å²) in [6.07, 6.45) is 1.46. The molecule has 4 rings (SSSR count). The Morgan fingerprint density at radius 3 is 2.52 bits per heavy atom. The number of benzene rings is 1. The molecule has 1 aliphatic carbocycles. The summed E-state index contributed by atoms with van der Waals surface area (Å²) in [5.74, 6) is 7.05. The van der Waals surface area contributed by atoms with Crippen molar-refractivity contribution in [2.75, 3.05) is 31.2 Å². The minimum atomic E-state index is -0.0393. The van der Waals surface area contributed by atoms with E-state index in [4.69, 9.17) is 4.74 Å². The number of phenolic OH excluding ortho intramolecular Hbond substituents is 1. The molecule has 27 heavy (non-hydrogen) atoms. The molecule has 1 aliphatic heterocycles. The summed E-state index contributed by atoms with van der Waals surface area (Å²) >= 11 is 1.59. The fourth-order valence-electron chi connectivity index (χ4n) is 3.70. The quantitative estimate of drug-likeness (QED) is 0.763. The molecule has 140 valence electrons. The maximum absolute atomic E-state index is 12.8. The molecule has 0 bridgehead atoms. The van der Waals surface area contributed by atoms with Crippen molar-refractivity contribution in [2.24, 2.45) is 5.41 Å². The number of Topliss-reactive ketones (excluding diaryl/α,β-unsaturated/α-hetero) is 1. The summed E-state index contributed by atoms with van der Waals surface area (Å²) < 4.78 is 5.49. The van der Waals surface area contributed by atoms with Crippen LogP contribution >= 0.6 is 11.3 Å². The van der Waals surface area contributed by atoms with Crippen molar-refractivity contribution in [3.63, 3.8) is 0 Å². The Morgan fingerprint density at radius 1 is 1.11 bits per heavy atom. The molecule has 0 atom stereocenters. The van der Waals surface area contributed by atoms with Gasteiger partial charge in [-0.15, -0.1) is 11.3 Å². The van der Waals surface area contributed by atoms with Gasteiger partial charge < -0.3 is 14.7 Å². The zero-order valence-electron chi connectivity index (χ0n) is 15.7. The lowest BCUT2D eigenvalue weighted by Gasteiger charge is -2.29. The summed E-state index contributed by atoms with van der Waals surface area (Å²) in [4.78, 5) is 15.9. The number of nitrogens with zero attached hydrogens (tertiary/aromatic N) is 1. The Balaban J connectivity index is 1.80. The van der Waals surface area contributed by atoms with E-state index in [9.17, 15) is 9.90 Å². The second-order valence-corrected chi connectivity index (χ2v) is 8.93. The lowest BCUT2D eigenvalue weighted by atomic mass is 9.75. The predicted octanol–water partition coefficient (Wildman–Crippen LogP) is 3.85. The molecule has 2 aliphatic rings. The number of carbonyl (C=O) groups excluding carboxylic acids is 1. The maximum atomic E-state index is 12.8. The minimum Gasteiger partial charge on any atom is -0.508 e. The molecule has 0 spiro atoms. The fourth-order valence-corrected chi connectivity index (χ4v) is 4.96. The van der Waals surface area contributed by atoms with Crippen LogP contribution in [0, 0.1) is 17.3 Å². The van der Waals surface area contributed by atoms with Crippen molar-refractivity contribution in [3.05, 3.63) is 45.8 Å². The lowest BCUT2D eigenvalue weighted by Crippen LogP contribution is -2.36. The molecule has 1 N–H and O–H groups in total. The molecular formula is C22H23NO3S. The average Bonchev–Trinajstić information content (AvgIpc) is 2.99. The SMILES string of the molecule is CC1(C)CC(=O)c2sc(N3CCOCC3)c(C#Cc3ccc(O)cc3)c2C1. The molecule has 1 fully saturated rings. The van der Waals surface area contributed by atoms with E-state index in [1.54, 1.807) is 23.5 Å². The highest BCUT2D eigenvalue weighted by atomic mass is 32.1. The monoisotopic (exact) mass is 381 g/mol. The van der Waals surface area contributed by atoms with Gasteiger partial charge in [0.1, 0.15) is 10.8 Å². The molecule has 2 heterocycles. The van der Waals surface area contributed by atoms with E-state index in [1.165, 1.54) is 0 Å². The topological polar surface area (TPSA) is 49.8 Å². The van der Waals surface area contributed by atoms with Gasteiger partial charge in [-0.05, 0) is 41.7 Å². The first-order chi connectivity index (χ1) is 12.9. The third-order valence-corrected chi connectivity index (χ3v) is 6.37. The number of anilines is 1. The van der Waals surface area contributed by atoms with E-state index < -0.39 is 0 Å². The van der Waals surface area contributed by atoms with Crippen LogP contribution in [0.1, 0.15) is 46.6 Å². The molecule has 1 saturated heterocycles. The number of rotatable bonds is 1. The molecule has 0 saturated carbocycles. The number of ether oxygens (including phenoxy) is 1. The zero-order chi connectivity index (χ0) is 19.0. The molecule has 2 aromatic rings. The highest BCUT2D eigenvalue weighted by Gasteiger charge is 2.36. The van der Waals surface area contributed by atoms with Crippen molar-refractivity contribution in [2.45, 2.75) is 26.7 Å². The summed E-state index contributed by atoms with van der Waals surface area (Å²) in [5, 5.41) is 10.6. The number of carbonyl (C=O) groups is 1. The number of aromatic hydroxyl groups is 1. The van der Waals surface area contributed by atoms with E-state index >= 15 is 0 Å². The van der Waals surface area contributed by atoms with Crippen LogP contribution < -0.4 is 4.90 Å². The van der Waals surface area contributed by atoms with E-state index in [-0.39, 0.29) is 16.9 Å². The number of hydrogen-bond donors (Lipinski definition) is 1. The average molecular weight is 381 g/mol. The number of thiophene rings is 1. The van der Waals surface area contributed by atoms with Crippen LogP contribution in [0.2, 0.25) is 0 Å². The molecule has 4 nitrogen and oxygen atoms in total. The Labute approximate surface area is 163 Å². The van der Waals surface area contributed by atoms with E-state index in [0.717, 1.165) is 46.1 Å². The lowest BCUT2D eigenvalue weighted by molar-refractivity contribution is 0.0917. The second kappa shape index (κ2) is 7.03. The first-order valence-electron chi connectivity index (χ1n) is 9.25. The molecule has 0 amide bonds. The van der Waals surface area contributed by atoms with Gasteiger partial charge in [-0.3, -0.25) is 4.79 Å². The molecule has 5 heteroatoms. The van der Waals surface area contributed by atoms with Crippen LogP contribution in [0.25, 0.3) is 0 Å². The number of phenols is 1. The largest absolute Gasteiger partial charge is 0.508 e. The number of fused-ring (bicyclic) bond motifs is 1.